The third kappa shape index (κ3) is 3.04. The van der Waals surface area contributed by atoms with E-state index in [1.54, 1.807) is 18.1 Å². The molecule has 4 nitrogen and oxygen atoms in total. The quantitative estimate of drug-likeness (QED) is 0.866. The molecule has 100 valence electrons. The molecule has 0 bridgehead atoms. The van der Waals surface area contributed by atoms with Crippen LogP contribution in [0.4, 0.5) is 5.82 Å². The first-order chi connectivity index (χ1) is 9.13. The van der Waals surface area contributed by atoms with E-state index in [4.69, 9.17) is 0 Å². The highest BCUT2D eigenvalue weighted by Crippen LogP contribution is 2.19. The third-order valence-electron chi connectivity index (χ3n) is 2.84. The molecule has 1 amide bonds. The summed E-state index contributed by atoms with van der Waals surface area (Å²) in [7, 11) is 1.74. The van der Waals surface area contributed by atoms with Crippen LogP contribution in [0.2, 0.25) is 0 Å². The molecular formula is C14H16BrN3O. The Balaban J connectivity index is 2.29. The average Bonchev–Trinajstić information content (AvgIpc) is 2.79. The number of carbonyl (C=O) groups excluding carboxylic acids is 1. The summed E-state index contributed by atoms with van der Waals surface area (Å²) in [5.74, 6) is 0.589. The molecule has 0 aliphatic rings. The van der Waals surface area contributed by atoms with E-state index in [9.17, 15) is 4.79 Å². The summed E-state index contributed by atoms with van der Waals surface area (Å²) >= 11 is 3.42. The van der Waals surface area contributed by atoms with Gasteiger partial charge in [0.15, 0.2) is 0 Å². The summed E-state index contributed by atoms with van der Waals surface area (Å²) in [6, 6.07) is 7.36. The Morgan fingerprint density at radius 1 is 1.47 bits per heavy atom. The SMILES string of the molecule is CCCn1cc(Br)cc1C(=O)N(C)c1ccccn1. The first-order valence-electron chi connectivity index (χ1n) is 6.18. The van der Waals surface area contributed by atoms with Gasteiger partial charge in [-0.3, -0.25) is 9.69 Å². The smallest absolute Gasteiger partial charge is 0.275 e. The van der Waals surface area contributed by atoms with Gasteiger partial charge in [0.25, 0.3) is 5.91 Å². The van der Waals surface area contributed by atoms with Gasteiger partial charge in [-0.05, 0) is 40.5 Å². The van der Waals surface area contributed by atoms with Crippen LogP contribution in [-0.2, 0) is 6.54 Å². The molecule has 5 heteroatoms. The van der Waals surface area contributed by atoms with Crippen molar-refractivity contribution in [1.82, 2.24) is 9.55 Å². The van der Waals surface area contributed by atoms with E-state index in [-0.39, 0.29) is 5.91 Å². The van der Waals surface area contributed by atoms with Crippen LogP contribution < -0.4 is 4.90 Å². The minimum absolute atomic E-state index is 0.0575. The van der Waals surface area contributed by atoms with Crippen molar-refractivity contribution in [3.63, 3.8) is 0 Å². The third-order valence-corrected chi connectivity index (χ3v) is 3.28. The van der Waals surface area contributed by atoms with Crippen molar-refractivity contribution in [2.24, 2.45) is 0 Å². The topological polar surface area (TPSA) is 38.1 Å². The predicted octanol–water partition coefficient (Wildman–Crippen LogP) is 3.33. The molecule has 0 saturated carbocycles. The van der Waals surface area contributed by atoms with Gasteiger partial charge in [-0.1, -0.05) is 13.0 Å². The lowest BCUT2D eigenvalue weighted by Crippen LogP contribution is -2.29. The van der Waals surface area contributed by atoms with Crippen molar-refractivity contribution in [3.05, 3.63) is 46.8 Å². The normalized spacial score (nSPS) is 10.5. The zero-order chi connectivity index (χ0) is 13.8. The second-order valence-corrected chi connectivity index (χ2v) is 5.20. The molecular weight excluding hydrogens is 306 g/mol. The van der Waals surface area contributed by atoms with Crippen LogP contribution in [0.3, 0.4) is 0 Å². The highest BCUT2D eigenvalue weighted by molar-refractivity contribution is 9.10. The van der Waals surface area contributed by atoms with Crippen LogP contribution in [0.5, 0.6) is 0 Å². The molecule has 0 aliphatic heterocycles. The Hall–Kier alpha value is -1.62. The van der Waals surface area contributed by atoms with Crippen LogP contribution in [0.1, 0.15) is 23.8 Å². The van der Waals surface area contributed by atoms with Gasteiger partial charge in [-0.25, -0.2) is 4.98 Å². The van der Waals surface area contributed by atoms with Gasteiger partial charge in [0, 0.05) is 30.5 Å². The number of halogens is 1. The van der Waals surface area contributed by atoms with E-state index in [0.29, 0.717) is 11.5 Å². The lowest BCUT2D eigenvalue weighted by atomic mass is 10.3. The molecule has 0 radical (unpaired) electrons. The first-order valence-corrected chi connectivity index (χ1v) is 6.97. The molecule has 2 aromatic heterocycles. The number of rotatable bonds is 4. The van der Waals surface area contributed by atoms with Crippen molar-refractivity contribution >= 4 is 27.7 Å². The van der Waals surface area contributed by atoms with Crippen molar-refractivity contribution in [3.8, 4) is 0 Å². The maximum atomic E-state index is 12.5. The Bertz CT molecular complexity index is 565. The van der Waals surface area contributed by atoms with Gasteiger partial charge in [0.1, 0.15) is 11.5 Å². The zero-order valence-corrected chi connectivity index (χ0v) is 12.6. The summed E-state index contributed by atoms with van der Waals surface area (Å²) in [5.41, 5.74) is 0.668. The number of carbonyl (C=O) groups is 1. The number of hydrogen-bond acceptors (Lipinski definition) is 2. The van der Waals surface area contributed by atoms with E-state index in [1.165, 1.54) is 0 Å². The second-order valence-electron chi connectivity index (χ2n) is 4.29. The number of aromatic nitrogens is 2. The number of aryl methyl sites for hydroxylation is 1. The van der Waals surface area contributed by atoms with Crippen LogP contribution in [0.25, 0.3) is 0 Å². The molecule has 0 atom stereocenters. The minimum Gasteiger partial charge on any atom is -0.342 e. The van der Waals surface area contributed by atoms with Gasteiger partial charge in [0.2, 0.25) is 0 Å². The molecule has 2 aromatic rings. The van der Waals surface area contributed by atoms with E-state index in [1.807, 2.05) is 35.0 Å². The van der Waals surface area contributed by atoms with Gasteiger partial charge in [0.05, 0.1) is 0 Å². The standard InChI is InChI=1S/C14H16BrN3O/c1-3-8-18-10-11(15)9-12(18)14(19)17(2)13-6-4-5-7-16-13/h4-7,9-10H,3,8H2,1-2H3. The monoisotopic (exact) mass is 321 g/mol. The number of amides is 1. The fraction of sp³-hybridized carbons (Fsp3) is 0.286. The highest BCUT2D eigenvalue weighted by Gasteiger charge is 2.18. The Morgan fingerprint density at radius 3 is 2.89 bits per heavy atom. The summed E-state index contributed by atoms with van der Waals surface area (Å²) in [6.45, 7) is 2.91. The van der Waals surface area contributed by atoms with Crippen molar-refractivity contribution in [1.29, 1.82) is 0 Å². The van der Waals surface area contributed by atoms with E-state index >= 15 is 0 Å². The van der Waals surface area contributed by atoms with Gasteiger partial charge in [-0.15, -0.1) is 0 Å². The van der Waals surface area contributed by atoms with Crippen LogP contribution in [0, 0.1) is 0 Å². The number of hydrogen-bond donors (Lipinski definition) is 0. The average molecular weight is 322 g/mol. The Labute approximate surface area is 121 Å². The minimum atomic E-state index is -0.0575. The second kappa shape index (κ2) is 6.02. The fourth-order valence-corrected chi connectivity index (χ4v) is 2.37. The molecule has 0 spiro atoms. The summed E-state index contributed by atoms with van der Waals surface area (Å²) in [4.78, 5) is 18.3. The molecule has 2 heterocycles. The van der Waals surface area contributed by atoms with E-state index in [2.05, 4.69) is 27.8 Å². The first kappa shape index (κ1) is 13.8. The molecule has 0 saturated heterocycles. The van der Waals surface area contributed by atoms with Crippen LogP contribution in [-0.4, -0.2) is 22.5 Å². The van der Waals surface area contributed by atoms with Gasteiger partial charge < -0.3 is 4.57 Å². The number of nitrogens with zero attached hydrogens (tertiary/aromatic N) is 3. The summed E-state index contributed by atoms with van der Waals surface area (Å²) in [6.07, 6.45) is 4.60. The van der Waals surface area contributed by atoms with Crippen molar-refractivity contribution in [2.45, 2.75) is 19.9 Å². The van der Waals surface area contributed by atoms with Gasteiger partial charge >= 0.3 is 0 Å². The lowest BCUT2D eigenvalue weighted by Gasteiger charge is -2.17. The molecule has 0 unspecified atom stereocenters. The predicted molar refractivity (Wildman–Crippen MR) is 79.4 cm³/mol. The summed E-state index contributed by atoms with van der Waals surface area (Å²) < 4.78 is 2.88. The molecule has 2 rings (SSSR count). The largest absolute Gasteiger partial charge is 0.342 e. The number of anilines is 1. The molecule has 0 N–H and O–H groups in total. The zero-order valence-electron chi connectivity index (χ0n) is 11.0. The fourth-order valence-electron chi connectivity index (χ4n) is 1.91. The maximum Gasteiger partial charge on any atom is 0.275 e. The van der Waals surface area contributed by atoms with Crippen molar-refractivity contribution < 1.29 is 4.79 Å². The number of pyridine rings is 1. The Morgan fingerprint density at radius 2 is 2.26 bits per heavy atom. The Kier molecular flexibility index (Phi) is 4.37. The van der Waals surface area contributed by atoms with Crippen molar-refractivity contribution in [2.75, 3.05) is 11.9 Å². The molecule has 0 aliphatic carbocycles. The molecule has 19 heavy (non-hydrogen) atoms. The lowest BCUT2D eigenvalue weighted by molar-refractivity contribution is 0.0983. The van der Waals surface area contributed by atoms with Crippen LogP contribution in [0.15, 0.2) is 41.1 Å². The summed E-state index contributed by atoms with van der Waals surface area (Å²) in [5, 5.41) is 0. The highest BCUT2D eigenvalue weighted by atomic mass is 79.9. The van der Waals surface area contributed by atoms with Crippen LogP contribution >= 0.6 is 15.9 Å². The van der Waals surface area contributed by atoms with Gasteiger partial charge in [-0.2, -0.15) is 0 Å². The molecule has 0 aromatic carbocycles. The van der Waals surface area contributed by atoms with E-state index in [0.717, 1.165) is 17.4 Å². The maximum absolute atomic E-state index is 12.5. The van der Waals surface area contributed by atoms with E-state index < -0.39 is 0 Å². The molecule has 0 fully saturated rings.